The lowest BCUT2D eigenvalue weighted by Crippen LogP contribution is -2.15. The smallest absolute Gasteiger partial charge is 0.171 e. The van der Waals surface area contributed by atoms with E-state index in [0.717, 1.165) is 45.4 Å². The third-order valence-corrected chi connectivity index (χ3v) is 8.55. The predicted octanol–water partition coefficient (Wildman–Crippen LogP) is 26.8. The van der Waals surface area contributed by atoms with Gasteiger partial charge in [-0.05, 0) is 46.8 Å². The van der Waals surface area contributed by atoms with Gasteiger partial charge in [0.25, 0.3) is 0 Å². The molecule has 2 aliphatic rings. The molecule has 0 heterocycles. The molecule has 0 spiro atoms. The largest absolute Gasteiger partial charge is 0.391 e. The van der Waals surface area contributed by atoms with Crippen molar-refractivity contribution in [1.82, 2.24) is 0 Å². The third kappa shape index (κ3) is 173. The van der Waals surface area contributed by atoms with Gasteiger partial charge in [-0.2, -0.15) is 39.5 Å². The standard InChI is InChI=1S/C7H14.2C6H11F3.C6H12.C6H14.C5H12.C4H7F3.4C4H10.C3H8.C2H6/c1-7-5-3-2-4-6-7;2*1-3-5(2)4-6(7,8)9;1-6-4-2-3-5-6;1-5-6(2,3)4;1-4-5(2)3;1-3(2)4(5,6)7;2*1-4(2)3;2*1-3-4-2;1-3-2;1-2/h7H,2-6H2,1H3;2*5H,3-4H2,1-2H3;6H,2-5H2,1H3;5H2,1-4H3;5H,4H2,1-3H3;3H,1-2H3;2*4H,1-3H3;2*3-4H2,1-2H3;3H2,1-2H3;1-2H3/t;2*5-;;;;;;;;;;/m.00........../s1/i7D;;;6D;5D2;4D2;;4D;;3D2;;;. The van der Waals surface area contributed by atoms with Gasteiger partial charge >= 0.3 is 18.5 Å². The van der Waals surface area contributed by atoms with Crippen LogP contribution >= 0.6 is 0 Å². The molecule has 2 rings (SSSR count). The minimum atomic E-state index is -4.00. The van der Waals surface area contributed by atoms with Crippen LogP contribution in [-0.4, -0.2) is 18.5 Å². The van der Waals surface area contributed by atoms with Crippen molar-refractivity contribution in [3.05, 3.63) is 0 Å². The fraction of sp³-hybridized carbons (Fsp3) is 1.00. The second-order valence-corrected chi connectivity index (χ2v) is 20.6. The van der Waals surface area contributed by atoms with Crippen LogP contribution in [0.25, 0.3) is 0 Å². The zero-order valence-corrected chi connectivity index (χ0v) is 52.3. The summed E-state index contributed by atoms with van der Waals surface area (Å²) in [6.45, 7) is 53.8. The van der Waals surface area contributed by atoms with Gasteiger partial charge in [0.05, 0.1) is 0 Å². The highest BCUT2D eigenvalue weighted by atomic mass is 19.4. The molecular formula is C61H135F9. The Morgan fingerprint density at radius 3 is 0.743 bits per heavy atom. The maximum atomic E-state index is 11.5. The summed E-state index contributed by atoms with van der Waals surface area (Å²) in [5.41, 5.74) is -0.229. The van der Waals surface area contributed by atoms with Gasteiger partial charge < -0.3 is 0 Å². The zero-order valence-electron chi connectivity index (χ0n) is 61.3. The third-order valence-electron chi connectivity index (χ3n) is 8.55. The topological polar surface area (TPSA) is 0 Å². The minimum Gasteiger partial charge on any atom is -0.171 e. The van der Waals surface area contributed by atoms with Crippen LogP contribution in [-0.2, 0) is 0 Å². The maximum absolute atomic E-state index is 11.5. The fourth-order valence-corrected chi connectivity index (χ4v) is 3.21. The average molecular weight is 1050 g/mol. The Bertz CT molecular complexity index is 1110. The number of alkyl halides is 9. The van der Waals surface area contributed by atoms with Crippen molar-refractivity contribution in [2.75, 3.05) is 0 Å². The summed E-state index contributed by atoms with van der Waals surface area (Å²) in [6, 6.07) is 0. The molecule has 0 N–H and O–H groups in total. The van der Waals surface area contributed by atoms with Crippen LogP contribution in [0.2, 0.25) is 0 Å². The highest BCUT2D eigenvalue weighted by Crippen LogP contribution is 2.27. The van der Waals surface area contributed by atoms with Crippen molar-refractivity contribution in [3.63, 3.8) is 0 Å². The van der Waals surface area contributed by atoms with E-state index in [0.29, 0.717) is 19.3 Å². The van der Waals surface area contributed by atoms with E-state index in [2.05, 4.69) is 48.5 Å². The second-order valence-electron chi connectivity index (χ2n) is 20.6. The van der Waals surface area contributed by atoms with Gasteiger partial charge in [-0.25, -0.2) is 0 Å². The molecule has 0 aromatic carbocycles. The Labute approximate surface area is 451 Å². The number of unbranched alkanes of at least 4 members (excludes halogenated alkanes) is 1. The van der Waals surface area contributed by atoms with Gasteiger partial charge in [-0.1, -0.05) is 316 Å². The number of halogens is 9. The van der Waals surface area contributed by atoms with Crippen molar-refractivity contribution in [2.45, 2.75) is 348 Å². The van der Waals surface area contributed by atoms with Crippen molar-refractivity contribution in [2.24, 2.45) is 52.7 Å². The molecule has 442 valence electrons. The Morgan fingerprint density at radius 1 is 0.500 bits per heavy atom. The van der Waals surface area contributed by atoms with E-state index in [9.17, 15) is 39.5 Å². The van der Waals surface area contributed by atoms with Crippen molar-refractivity contribution in [1.29, 1.82) is 0 Å². The first-order valence-corrected chi connectivity index (χ1v) is 27.3. The summed E-state index contributed by atoms with van der Waals surface area (Å²) >= 11 is 0. The quantitative estimate of drug-likeness (QED) is 0.223. The van der Waals surface area contributed by atoms with Crippen LogP contribution in [0, 0.1) is 52.7 Å². The monoisotopic (exact) mass is 1050 g/mol. The molecule has 0 radical (unpaired) electrons. The summed E-state index contributed by atoms with van der Waals surface area (Å²) in [4.78, 5) is 0. The van der Waals surface area contributed by atoms with E-state index in [1.165, 1.54) is 51.4 Å². The van der Waals surface area contributed by atoms with Gasteiger partial charge in [0.1, 0.15) is 0 Å². The van der Waals surface area contributed by atoms with E-state index >= 15 is 0 Å². The van der Waals surface area contributed by atoms with E-state index in [1.807, 2.05) is 90.0 Å². The molecule has 0 aromatic rings. The fourth-order valence-electron chi connectivity index (χ4n) is 3.21. The molecule has 0 unspecified atom stereocenters. The molecule has 2 saturated carbocycles. The van der Waals surface area contributed by atoms with Crippen molar-refractivity contribution < 1.29 is 51.9 Å². The normalized spacial score (nSPS) is 17.5. The van der Waals surface area contributed by atoms with Gasteiger partial charge in [-0.15, -0.1) is 0 Å². The van der Waals surface area contributed by atoms with Crippen LogP contribution in [0.3, 0.4) is 0 Å². The molecule has 0 bridgehead atoms. The van der Waals surface area contributed by atoms with Crippen LogP contribution < -0.4 is 0 Å². The number of rotatable bonds is 7. The molecular weight excluding hydrogens is 904 g/mol. The number of hydrogen-bond acceptors (Lipinski definition) is 0. The Kier molecular flexibility index (Phi) is 69.8. The van der Waals surface area contributed by atoms with Gasteiger partial charge in [-0.3, -0.25) is 0 Å². The van der Waals surface area contributed by atoms with Crippen molar-refractivity contribution >= 4 is 0 Å². The summed E-state index contributed by atoms with van der Waals surface area (Å²) in [5, 5.41) is 0. The van der Waals surface area contributed by atoms with Crippen molar-refractivity contribution in [3.8, 4) is 0 Å². The molecule has 0 nitrogen and oxygen atoms in total. The minimum absolute atomic E-state index is 0.0556. The van der Waals surface area contributed by atoms with E-state index in [1.54, 1.807) is 48.5 Å². The molecule has 2 aliphatic carbocycles. The molecule has 0 aliphatic heterocycles. The molecule has 2 atom stereocenters. The Balaban J connectivity index is -0.0000000714. The summed E-state index contributed by atoms with van der Waals surface area (Å²) < 4.78 is 167. The first kappa shape index (κ1) is 71.4. The summed E-state index contributed by atoms with van der Waals surface area (Å²) in [5.74, 6) is -1.08. The molecule has 0 saturated heterocycles. The lowest BCUT2D eigenvalue weighted by Gasteiger charge is -2.15. The van der Waals surface area contributed by atoms with E-state index in [-0.39, 0.29) is 40.9 Å². The summed E-state index contributed by atoms with van der Waals surface area (Å²) in [6.07, 6.45) is 0.353. The molecule has 0 amide bonds. The Hall–Kier alpha value is -0.630. The highest BCUT2D eigenvalue weighted by Gasteiger charge is 2.32. The molecule has 2 fully saturated rings. The van der Waals surface area contributed by atoms with Gasteiger partial charge in [0.15, 0.2) is 0 Å². The second kappa shape index (κ2) is 68.4. The van der Waals surface area contributed by atoms with Gasteiger partial charge in [0.2, 0.25) is 0 Å². The predicted molar refractivity (Wildman–Crippen MR) is 305 cm³/mol. The number of hydrogen-bond donors (Lipinski definition) is 0. The lowest BCUT2D eigenvalue weighted by atomic mass is 9.91. The molecule has 0 aromatic heterocycles. The molecule has 9 heteroatoms. The van der Waals surface area contributed by atoms with Gasteiger partial charge in [0, 0.05) is 31.1 Å². The zero-order chi connectivity index (χ0) is 66.9. The van der Waals surface area contributed by atoms with Crippen LogP contribution in [0.15, 0.2) is 0 Å². The van der Waals surface area contributed by atoms with Crippen LogP contribution in [0.4, 0.5) is 39.5 Å². The SMILES string of the molecule is CC.CC(C)C.CC(C)C(F)(F)F.CCC.CCCC.CC[C@H](C)CC(F)(F)F.CC[C@H](C)CC(F)(F)F.[2H]C(C)(C)C.[2H]C([2H])(C)C(C)(C)C.[2H]C([2H])(C)C(C)C.[2H]C([2H])(C)CC.[2H]C1(C)CCCC1.[2H]C1(C)CCCCC1. The Morgan fingerprint density at radius 2 is 0.686 bits per heavy atom. The van der Waals surface area contributed by atoms with E-state index in [4.69, 9.17) is 12.3 Å². The lowest BCUT2D eigenvalue weighted by molar-refractivity contribution is -0.164. The first-order valence-electron chi connectivity index (χ1n) is 31.8. The highest BCUT2D eigenvalue weighted by molar-refractivity contribution is 4.61. The first-order chi connectivity index (χ1) is 34.6. The van der Waals surface area contributed by atoms with Crippen LogP contribution in [0.5, 0.6) is 0 Å². The maximum Gasteiger partial charge on any atom is 0.391 e. The van der Waals surface area contributed by atoms with Crippen LogP contribution in [0.1, 0.15) is 341 Å². The molecule has 70 heavy (non-hydrogen) atoms. The van der Waals surface area contributed by atoms with E-state index < -0.39 is 56.4 Å². The average Bonchev–Trinajstić information content (AvgIpc) is 3.63. The summed E-state index contributed by atoms with van der Waals surface area (Å²) in [7, 11) is 0.